The smallest absolute Gasteiger partial charge is 0.0465 e. The van der Waals surface area contributed by atoms with Gasteiger partial charge in [-0.2, -0.15) is 0 Å². The Hall–Kier alpha value is -5.08. The van der Waals surface area contributed by atoms with Crippen molar-refractivity contribution >= 4 is 34.1 Å². The minimum absolute atomic E-state index is 0.0560. The lowest BCUT2D eigenvalue weighted by atomic mass is 9.71. The molecule has 0 radical (unpaired) electrons. The molecule has 6 aromatic carbocycles. The maximum Gasteiger partial charge on any atom is 0.0465 e. The van der Waals surface area contributed by atoms with Crippen LogP contribution in [0.3, 0.4) is 0 Å². The fraction of sp³-hybridized carbons (Fsp3) is 0.182. The zero-order valence-electron chi connectivity index (χ0n) is 26.9. The van der Waals surface area contributed by atoms with Gasteiger partial charge in [0.25, 0.3) is 0 Å². The molecule has 0 fully saturated rings. The van der Waals surface area contributed by atoms with Crippen LogP contribution >= 0.6 is 0 Å². The van der Waals surface area contributed by atoms with E-state index in [9.17, 15) is 0 Å². The summed E-state index contributed by atoms with van der Waals surface area (Å²) in [6, 6.07) is 57.5. The van der Waals surface area contributed by atoms with Crippen LogP contribution in [0.5, 0.6) is 0 Å². The summed E-state index contributed by atoms with van der Waals surface area (Å²) in [5, 5.41) is 0. The van der Waals surface area contributed by atoms with Crippen LogP contribution in [0.15, 0.2) is 158 Å². The van der Waals surface area contributed by atoms with Crippen LogP contribution in [0.1, 0.15) is 57.1 Å². The molecule has 0 atom stereocenters. The first-order chi connectivity index (χ1) is 22.7. The standard InChI is InChI=1S/C44H42N2/c1-3-5-31-44(30-4-2)42-32-38(45(34-18-10-6-11-19-34)35-20-12-7-13-21-35)26-28-40(42)41-29-27-39(33-43(41)44)46(36-22-14-8-15-23-36)37-24-16-9-17-25-37/h6-29,32-33H,3-5,30-31H2,1-2H3. The molecule has 46 heavy (non-hydrogen) atoms. The van der Waals surface area contributed by atoms with E-state index >= 15 is 0 Å². The second kappa shape index (κ2) is 13.1. The van der Waals surface area contributed by atoms with Gasteiger partial charge in [-0.1, -0.05) is 118 Å². The number of fused-ring (bicyclic) bond motifs is 3. The molecule has 0 saturated heterocycles. The summed E-state index contributed by atoms with van der Waals surface area (Å²) in [4.78, 5) is 4.80. The first kappa shape index (κ1) is 29.6. The van der Waals surface area contributed by atoms with Crippen LogP contribution in [0.25, 0.3) is 11.1 Å². The van der Waals surface area contributed by atoms with Crippen molar-refractivity contribution in [1.82, 2.24) is 0 Å². The predicted octanol–water partition coefficient (Wildman–Crippen LogP) is 12.9. The molecule has 0 amide bonds. The van der Waals surface area contributed by atoms with E-state index < -0.39 is 0 Å². The molecule has 0 heterocycles. The Morgan fingerprint density at radius 1 is 0.391 bits per heavy atom. The van der Waals surface area contributed by atoms with E-state index in [1.807, 2.05) is 0 Å². The summed E-state index contributed by atoms with van der Waals surface area (Å²) < 4.78 is 0. The van der Waals surface area contributed by atoms with Crippen LogP contribution in [0.4, 0.5) is 34.1 Å². The van der Waals surface area contributed by atoms with E-state index in [1.54, 1.807) is 0 Å². The molecule has 1 aliphatic carbocycles. The van der Waals surface area contributed by atoms with Gasteiger partial charge in [0.1, 0.15) is 0 Å². The van der Waals surface area contributed by atoms with Gasteiger partial charge in [-0.15, -0.1) is 0 Å². The predicted molar refractivity (Wildman–Crippen MR) is 196 cm³/mol. The number of rotatable bonds is 11. The minimum atomic E-state index is -0.0560. The molecular weight excluding hydrogens is 556 g/mol. The highest BCUT2D eigenvalue weighted by molar-refractivity contribution is 5.88. The molecule has 2 heteroatoms. The number of para-hydroxylation sites is 4. The maximum atomic E-state index is 2.51. The lowest BCUT2D eigenvalue weighted by molar-refractivity contribution is 0.425. The van der Waals surface area contributed by atoms with Gasteiger partial charge >= 0.3 is 0 Å². The van der Waals surface area contributed by atoms with Crippen molar-refractivity contribution < 1.29 is 0 Å². The Kier molecular flexibility index (Phi) is 8.44. The highest BCUT2D eigenvalue weighted by Gasteiger charge is 2.43. The zero-order valence-corrected chi connectivity index (χ0v) is 26.9. The van der Waals surface area contributed by atoms with Gasteiger partial charge in [-0.25, -0.2) is 0 Å². The Balaban J connectivity index is 1.42. The topological polar surface area (TPSA) is 6.48 Å². The van der Waals surface area contributed by atoms with E-state index in [1.165, 1.54) is 69.2 Å². The lowest BCUT2D eigenvalue weighted by Crippen LogP contribution is -2.26. The third kappa shape index (κ3) is 5.39. The monoisotopic (exact) mass is 598 g/mol. The quantitative estimate of drug-likeness (QED) is 0.146. The third-order valence-electron chi connectivity index (χ3n) is 9.54. The molecule has 0 aromatic heterocycles. The second-order valence-electron chi connectivity index (χ2n) is 12.4. The summed E-state index contributed by atoms with van der Waals surface area (Å²) in [6.45, 7) is 4.67. The summed E-state index contributed by atoms with van der Waals surface area (Å²) in [5.41, 5.74) is 12.7. The first-order valence-electron chi connectivity index (χ1n) is 16.8. The van der Waals surface area contributed by atoms with E-state index in [0.29, 0.717) is 0 Å². The Bertz CT molecular complexity index is 1670. The molecule has 7 rings (SSSR count). The van der Waals surface area contributed by atoms with Gasteiger partial charge < -0.3 is 9.80 Å². The van der Waals surface area contributed by atoms with Crippen molar-refractivity contribution in [2.75, 3.05) is 9.80 Å². The van der Waals surface area contributed by atoms with Crippen LogP contribution in [-0.2, 0) is 5.41 Å². The first-order valence-corrected chi connectivity index (χ1v) is 16.8. The Morgan fingerprint density at radius 2 is 0.761 bits per heavy atom. The molecule has 6 aromatic rings. The van der Waals surface area contributed by atoms with E-state index in [4.69, 9.17) is 0 Å². The molecule has 0 saturated carbocycles. The molecular formula is C44H42N2. The second-order valence-corrected chi connectivity index (χ2v) is 12.4. The largest absolute Gasteiger partial charge is 0.310 e. The minimum Gasteiger partial charge on any atom is -0.310 e. The van der Waals surface area contributed by atoms with Gasteiger partial charge in [-0.3, -0.25) is 0 Å². The summed E-state index contributed by atoms with van der Waals surface area (Å²) >= 11 is 0. The molecule has 0 spiro atoms. The highest BCUT2D eigenvalue weighted by atomic mass is 15.1. The SMILES string of the molecule is CCCCC1(CCC)c2cc(N(c3ccccc3)c3ccccc3)ccc2-c2ccc(N(c3ccccc3)c3ccccc3)cc21. The summed E-state index contributed by atoms with van der Waals surface area (Å²) in [6.07, 6.45) is 5.75. The third-order valence-corrected chi connectivity index (χ3v) is 9.54. The molecule has 0 unspecified atom stereocenters. The lowest BCUT2D eigenvalue weighted by Gasteiger charge is -2.34. The van der Waals surface area contributed by atoms with E-state index in [2.05, 4.69) is 181 Å². The maximum absolute atomic E-state index is 2.51. The average Bonchev–Trinajstić information content (AvgIpc) is 3.38. The van der Waals surface area contributed by atoms with Crippen molar-refractivity contribution in [3.8, 4) is 11.1 Å². The molecule has 0 aliphatic heterocycles. The van der Waals surface area contributed by atoms with Crippen molar-refractivity contribution in [1.29, 1.82) is 0 Å². The van der Waals surface area contributed by atoms with E-state index in [0.717, 1.165) is 19.3 Å². The number of hydrogen-bond donors (Lipinski definition) is 0. The molecule has 0 bridgehead atoms. The van der Waals surface area contributed by atoms with Gasteiger partial charge in [-0.05, 0) is 108 Å². The van der Waals surface area contributed by atoms with Crippen LogP contribution in [0.2, 0.25) is 0 Å². The number of benzene rings is 6. The fourth-order valence-electron chi connectivity index (χ4n) is 7.52. The van der Waals surface area contributed by atoms with Crippen molar-refractivity contribution in [3.63, 3.8) is 0 Å². The molecule has 0 N–H and O–H groups in total. The van der Waals surface area contributed by atoms with Gasteiger partial charge in [0, 0.05) is 39.5 Å². The fourth-order valence-corrected chi connectivity index (χ4v) is 7.52. The zero-order chi connectivity index (χ0) is 31.3. The van der Waals surface area contributed by atoms with Crippen molar-refractivity contribution in [3.05, 3.63) is 169 Å². The van der Waals surface area contributed by atoms with Gasteiger partial charge in [0.15, 0.2) is 0 Å². The Morgan fingerprint density at radius 3 is 1.09 bits per heavy atom. The highest BCUT2D eigenvalue weighted by Crippen LogP contribution is 2.56. The Labute approximate surface area is 274 Å². The number of unbranched alkanes of at least 4 members (excludes halogenated alkanes) is 1. The van der Waals surface area contributed by atoms with E-state index in [-0.39, 0.29) is 5.41 Å². The number of anilines is 6. The van der Waals surface area contributed by atoms with Crippen LogP contribution in [0, 0.1) is 0 Å². The number of hydrogen-bond acceptors (Lipinski definition) is 2. The van der Waals surface area contributed by atoms with Gasteiger partial charge in [0.2, 0.25) is 0 Å². The molecule has 1 aliphatic rings. The van der Waals surface area contributed by atoms with Crippen molar-refractivity contribution in [2.24, 2.45) is 0 Å². The normalized spacial score (nSPS) is 12.7. The molecule has 228 valence electrons. The van der Waals surface area contributed by atoms with Crippen LogP contribution in [-0.4, -0.2) is 0 Å². The number of nitrogens with zero attached hydrogens (tertiary/aromatic N) is 2. The summed E-state index contributed by atoms with van der Waals surface area (Å²) in [5.74, 6) is 0. The molecule has 2 nitrogen and oxygen atoms in total. The van der Waals surface area contributed by atoms with Crippen molar-refractivity contribution in [2.45, 2.75) is 51.4 Å². The average molecular weight is 599 g/mol. The van der Waals surface area contributed by atoms with Gasteiger partial charge in [0.05, 0.1) is 0 Å². The summed E-state index contributed by atoms with van der Waals surface area (Å²) in [7, 11) is 0. The van der Waals surface area contributed by atoms with Crippen LogP contribution < -0.4 is 9.80 Å².